The van der Waals surface area contributed by atoms with Gasteiger partial charge in [0.1, 0.15) is 0 Å². The van der Waals surface area contributed by atoms with Crippen LogP contribution in [0.4, 0.5) is 0 Å². The highest BCUT2D eigenvalue weighted by Gasteiger charge is 2.29. The minimum absolute atomic E-state index is 0.0735. The number of piperazine rings is 1. The third-order valence-corrected chi connectivity index (χ3v) is 4.38. The summed E-state index contributed by atoms with van der Waals surface area (Å²) in [6.45, 7) is 13.0. The zero-order valence-electron chi connectivity index (χ0n) is 15.0. The molecule has 1 aliphatic rings. The lowest BCUT2D eigenvalue weighted by atomic mass is 10.0. The van der Waals surface area contributed by atoms with Crippen molar-refractivity contribution in [3.05, 3.63) is 35.9 Å². The molecule has 1 fully saturated rings. The zero-order valence-corrected chi connectivity index (χ0v) is 15.0. The van der Waals surface area contributed by atoms with E-state index in [-0.39, 0.29) is 11.9 Å². The average Bonchev–Trinajstić information content (AvgIpc) is 2.53. The van der Waals surface area contributed by atoms with Gasteiger partial charge in [-0.1, -0.05) is 58.0 Å². The van der Waals surface area contributed by atoms with Crippen LogP contribution in [-0.4, -0.2) is 54.0 Å². The van der Waals surface area contributed by atoms with Crippen LogP contribution in [0, 0.1) is 5.92 Å². The first-order valence-electron chi connectivity index (χ1n) is 8.78. The number of hydrogen-bond acceptors (Lipinski definition) is 3. The second kappa shape index (κ2) is 8.46. The van der Waals surface area contributed by atoms with E-state index in [9.17, 15) is 4.79 Å². The lowest BCUT2D eigenvalue weighted by Gasteiger charge is -2.37. The van der Waals surface area contributed by atoms with Gasteiger partial charge in [-0.25, -0.2) is 0 Å². The lowest BCUT2D eigenvalue weighted by Crippen LogP contribution is -2.56. The summed E-state index contributed by atoms with van der Waals surface area (Å²) in [6, 6.07) is 10.8. The summed E-state index contributed by atoms with van der Waals surface area (Å²) in [7, 11) is 0. The number of nitrogens with one attached hydrogen (secondary N) is 1. The molecular weight excluding hydrogens is 286 g/mol. The van der Waals surface area contributed by atoms with Crippen molar-refractivity contribution >= 4 is 5.91 Å². The molecule has 1 heterocycles. The second-order valence-electron chi connectivity index (χ2n) is 7.13. The molecule has 1 unspecified atom stereocenters. The van der Waals surface area contributed by atoms with Crippen LogP contribution in [-0.2, 0) is 11.3 Å². The number of benzene rings is 1. The van der Waals surface area contributed by atoms with Crippen LogP contribution in [0.2, 0.25) is 0 Å². The number of carbonyl (C=O) groups excluding carboxylic acids is 1. The Labute approximate surface area is 140 Å². The zero-order chi connectivity index (χ0) is 16.8. The smallest absolute Gasteiger partial charge is 0.240 e. The first kappa shape index (κ1) is 18.0. The molecule has 1 amide bonds. The fourth-order valence-electron chi connectivity index (χ4n) is 3.07. The Morgan fingerprint density at radius 2 is 1.65 bits per heavy atom. The highest BCUT2D eigenvalue weighted by Crippen LogP contribution is 2.12. The van der Waals surface area contributed by atoms with Crippen LogP contribution in [0.3, 0.4) is 0 Å². The molecule has 2 rings (SSSR count). The van der Waals surface area contributed by atoms with Crippen molar-refractivity contribution in [3.63, 3.8) is 0 Å². The van der Waals surface area contributed by atoms with Crippen molar-refractivity contribution in [1.82, 2.24) is 15.1 Å². The largest absolute Gasteiger partial charge is 0.339 e. The standard InChI is InChI=1S/C19H31N3O/c1-15(2)18(20-16(3)4)19(23)22-12-10-21(11-13-22)14-17-8-6-5-7-9-17/h5-9,15-16,18,20H,10-14H2,1-4H3. The van der Waals surface area contributed by atoms with E-state index < -0.39 is 0 Å². The third-order valence-electron chi connectivity index (χ3n) is 4.38. The van der Waals surface area contributed by atoms with Crippen LogP contribution >= 0.6 is 0 Å². The molecule has 0 bridgehead atoms. The highest BCUT2D eigenvalue weighted by molar-refractivity contribution is 5.82. The molecule has 1 aromatic rings. The minimum atomic E-state index is -0.0735. The Hall–Kier alpha value is -1.39. The second-order valence-corrected chi connectivity index (χ2v) is 7.13. The van der Waals surface area contributed by atoms with E-state index in [4.69, 9.17) is 0 Å². The van der Waals surface area contributed by atoms with Gasteiger partial charge < -0.3 is 10.2 Å². The summed E-state index contributed by atoms with van der Waals surface area (Å²) < 4.78 is 0. The Kier molecular flexibility index (Phi) is 6.60. The quantitative estimate of drug-likeness (QED) is 0.875. The van der Waals surface area contributed by atoms with Crippen LogP contribution in [0.15, 0.2) is 30.3 Å². The van der Waals surface area contributed by atoms with Crippen molar-refractivity contribution in [3.8, 4) is 0 Å². The number of hydrogen-bond donors (Lipinski definition) is 1. The van der Waals surface area contributed by atoms with E-state index in [2.05, 4.69) is 62.2 Å². The van der Waals surface area contributed by atoms with E-state index in [0.717, 1.165) is 32.7 Å². The Balaban J connectivity index is 1.86. The molecule has 1 atom stereocenters. The van der Waals surface area contributed by atoms with E-state index >= 15 is 0 Å². The fraction of sp³-hybridized carbons (Fsp3) is 0.632. The highest BCUT2D eigenvalue weighted by atomic mass is 16.2. The average molecular weight is 317 g/mol. The molecule has 1 saturated heterocycles. The molecule has 23 heavy (non-hydrogen) atoms. The molecule has 128 valence electrons. The van der Waals surface area contributed by atoms with E-state index in [1.165, 1.54) is 5.56 Å². The van der Waals surface area contributed by atoms with Crippen molar-refractivity contribution < 1.29 is 4.79 Å². The predicted molar refractivity (Wildman–Crippen MR) is 95.2 cm³/mol. The third kappa shape index (κ3) is 5.33. The Morgan fingerprint density at radius 1 is 1.04 bits per heavy atom. The van der Waals surface area contributed by atoms with Crippen LogP contribution in [0.5, 0.6) is 0 Å². The first-order chi connectivity index (χ1) is 11.0. The molecular formula is C19H31N3O. The number of carbonyl (C=O) groups is 1. The summed E-state index contributed by atoms with van der Waals surface area (Å²) in [5.41, 5.74) is 1.34. The van der Waals surface area contributed by atoms with Gasteiger partial charge in [-0.05, 0) is 11.5 Å². The normalized spacial score (nSPS) is 17.7. The molecule has 1 aliphatic heterocycles. The van der Waals surface area contributed by atoms with Crippen LogP contribution in [0.25, 0.3) is 0 Å². The van der Waals surface area contributed by atoms with Crippen LogP contribution < -0.4 is 5.32 Å². The summed E-state index contributed by atoms with van der Waals surface area (Å²) in [5.74, 6) is 0.570. The molecule has 0 aliphatic carbocycles. The molecule has 1 N–H and O–H groups in total. The monoisotopic (exact) mass is 317 g/mol. The summed E-state index contributed by atoms with van der Waals surface area (Å²) in [5, 5.41) is 3.42. The van der Waals surface area contributed by atoms with E-state index in [1.54, 1.807) is 0 Å². The molecule has 4 heteroatoms. The summed E-state index contributed by atoms with van der Waals surface area (Å²) in [6.07, 6.45) is 0. The van der Waals surface area contributed by atoms with Gasteiger partial charge in [0.25, 0.3) is 0 Å². The Bertz CT molecular complexity index is 479. The van der Waals surface area contributed by atoms with E-state index in [0.29, 0.717) is 12.0 Å². The van der Waals surface area contributed by atoms with Gasteiger partial charge in [0.05, 0.1) is 6.04 Å². The van der Waals surface area contributed by atoms with Crippen molar-refractivity contribution in [2.45, 2.75) is 46.3 Å². The first-order valence-corrected chi connectivity index (χ1v) is 8.78. The SMILES string of the molecule is CC(C)NC(C(=O)N1CCN(Cc2ccccc2)CC1)C(C)C. The molecule has 0 saturated carbocycles. The van der Waals surface area contributed by atoms with Crippen molar-refractivity contribution in [2.24, 2.45) is 5.92 Å². The minimum Gasteiger partial charge on any atom is -0.339 e. The predicted octanol–water partition coefficient (Wildman–Crippen LogP) is 2.35. The number of rotatable bonds is 6. The summed E-state index contributed by atoms with van der Waals surface area (Å²) >= 11 is 0. The van der Waals surface area contributed by atoms with Gasteiger partial charge in [0.15, 0.2) is 0 Å². The van der Waals surface area contributed by atoms with Crippen LogP contribution in [0.1, 0.15) is 33.3 Å². The topological polar surface area (TPSA) is 35.6 Å². The van der Waals surface area contributed by atoms with Gasteiger partial charge in [0.2, 0.25) is 5.91 Å². The molecule has 4 nitrogen and oxygen atoms in total. The number of nitrogens with zero attached hydrogens (tertiary/aromatic N) is 2. The van der Waals surface area contributed by atoms with Gasteiger partial charge in [-0.15, -0.1) is 0 Å². The van der Waals surface area contributed by atoms with Crippen molar-refractivity contribution in [1.29, 1.82) is 0 Å². The van der Waals surface area contributed by atoms with Gasteiger partial charge in [-0.2, -0.15) is 0 Å². The summed E-state index contributed by atoms with van der Waals surface area (Å²) in [4.78, 5) is 17.2. The van der Waals surface area contributed by atoms with Gasteiger partial charge in [0, 0.05) is 38.8 Å². The molecule has 1 aromatic carbocycles. The van der Waals surface area contributed by atoms with Gasteiger partial charge >= 0.3 is 0 Å². The Morgan fingerprint density at radius 3 is 2.17 bits per heavy atom. The molecule has 0 aromatic heterocycles. The fourth-order valence-corrected chi connectivity index (χ4v) is 3.07. The van der Waals surface area contributed by atoms with Gasteiger partial charge in [-0.3, -0.25) is 9.69 Å². The lowest BCUT2D eigenvalue weighted by molar-refractivity contribution is -0.136. The van der Waals surface area contributed by atoms with E-state index in [1.807, 2.05) is 11.0 Å². The molecule has 0 radical (unpaired) electrons. The van der Waals surface area contributed by atoms with Crippen molar-refractivity contribution in [2.75, 3.05) is 26.2 Å². The number of amides is 1. The maximum atomic E-state index is 12.8. The maximum absolute atomic E-state index is 12.8. The maximum Gasteiger partial charge on any atom is 0.240 e. The molecule has 0 spiro atoms.